The number of likely N-dealkylation sites (tertiary alicyclic amines) is 1. The summed E-state index contributed by atoms with van der Waals surface area (Å²) in [5.74, 6) is -0.828. The highest BCUT2D eigenvalue weighted by Crippen LogP contribution is 2.25. The molecule has 10 nitrogen and oxygen atoms in total. The Hall–Kier alpha value is -3.26. The van der Waals surface area contributed by atoms with Crippen LogP contribution in [0.2, 0.25) is 0 Å². The fourth-order valence-electron chi connectivity index (χ4n) is 3.58. The van der Waals surface area contributed by atoms with Crippen LogP contribution in [0.4, 0.5) is 19.1 Å². The predicted octanol–water partition coefficient (Wildman–Crippen LogP) is 1.50. The van der Waals surface area contributed by atoms with Crippen LogP contribution in [-0.4, -0.2) is 64.6 Å². The average Bonchev–Trinajstić information content (AvgIpc) is 3.42. The normalized spacial score (nSPS) is 16.9. The summed E-state index contributed by atoms with van der Waals surface area (Å²) in [6.07, 6.45) is -3.03. The molecule has 14 heteroatoms. The number of alkyl halides is 3. The second kappa shape index (κ2) is 9.31. The Kier molecular flexibility index (Phi) is 6.47. The molecule has 3 aromatic rings. The number of carbonyl (C=O) groups is 1. The van der Waals surface area contributed by atoms with Gasteiger partial charge < -0.3 is 9.94 Å². The van der Waals surface area contributed by atoms with Crippen LogP contribution < -0.4 is 14.9 Å². The monoisotopic (exact) mass is 485 g/mol. The van der Waals surface area contributed by atoms with Crippen LogP contribution in [-0.2, 0) is 9.53 Å². The van der Waals surface area contributed by atoms with Gasteiger partial charge in [-0.1, -0.05) is 0 Å². The molecule has 2 aromatic heterocycles. The highest BCUT2D eigenvalue weighted by atomic mass is 32.1. The highest BCUT2D eigenvalue weighted by molar-refractivity contribution is 7.13. The maximum atomic E-state index is 12.6. The lowest BCUT2D eigenvalue weighted by Crippen LogP contribution is -2.46. The Morgan fingerprint density at radius 2 is 2.21 bits per heavy atom. The minimum Gasteiger partial charge on any atom is -0.739 e. The van der Waals surface area contributed by atoms with Gasteiger partial charge in [0.1, 0.15) is 6.10 Å². The van der Waals surface area contributed by atoms with Crippen molar-refractivity contribution in [3.8, 4) is 10.4 Å². The van der Waals surface area contributed by atoms with Crippen molar-refractivity contribution in [1.82, 2.24) is 15.0 Å². The Labute approximate surface area is 189 Å². The molecule has 176 valence electrons. The Balaban J connectivity index is 1.33. The van der Waals surface area contributed by atoms with Gasteiger partial charge in [-0.05, 0) is 18.6 Å². The summed E-state index contributed by atoms with van der Waals surface area (Å²) in [6.45, 7) is -0.822. The third-order valence-electron chi connectivity index (χ3n) is 5.05. The van der Waals surface area contributed by atoms with Crippen molar-refractivity contribution in [2.45, 2.75) is 25.1 Å². The standard InChI is InChI=1S/C19H20F3N6O4S/c20-19(21,22)10-26-6-4-13(9-26)32-17(29)3-5-24-18-25-28(31)15-7-12(16-8-23-11-33-16)1-2-14(15)27(18)30/h1-2,7-8,11,13H,3-6,9-10H2,(H2,24,25,31)/q+1. The molecule has 0 radical (unpaired) electrons. The zero-order valence-electron chi connectivity index (χ0n) is 17.2. The van der Waals surface area contributed by atoms with Crippen molar-refractivity contribution in [2.24, 2.45) is 0 Å². The van der Waals surface area contributed by atoms with Gasteiger partial charge in [0.15, 0.2) is 5.52 Å². The molecule has 1 aliphatic heterocycles. The number of hydrogen-bond acceptors (Lipinski definition) is 9. The Morgan fingerprint density at radius 1 is 1.39 bits per heavy atom. The van der Waals surface area contributed by atoms with E-state index in [1.807, 2.05) is 0 Å². The first kappa shape index (κ1) is 22.9. The number of anilines is 1. The van der Waals surface area contributed by atoms with Crippen LogP contribution in [0.25, 0.3) is 21.5 Å². The molecule has 1 atom stereocenters. The van der Waals surface area contributed by atoms with Crippen molar-refractivity contribution in [3.05, 3.63) is 35.1 Å². The van der Waals surface area contributed by atoms with E-state index in [0.717, 1.165) is 10.4 Å². The molecule has 33 heavy (non-hydrogen) atoms. The van der Waals surface area contributed by atoms with Gasteiger partial charge in [0, 0.05) is 30.9 Å². The summed E-state index contributed by atoms with van der Waals surface area (Å²) in [6, 6.07) is 4.86. The number of benzene rings is 1. The molecule has 1 saturated heterocycles. The number of halogens is 3. The van der Waals surface area contributed by atoms with Crippen LogP contribution in [0.1, 0.15) is 12.8 Å². The smallest absolute Gasteiger partial charge is 0.464 e. The number of esters is 1. The third-order valence-corrected chi connectivity index (χ3v) is 5.87. The number of ether oxygens (including phenoxy) is 1. The maximum absolute atomic E-state index is 12.6. The Bertz CT molecular complexity index is 1140. The summed E-state index contributed by atoms with van der Waals surface area (Å²) in [5, 5.41) is 29.3. The molecule has 1 fully saturated rings. The molecule has 1 aromatic carbocycles. The van der Waals surface area contributed by atoms with Crippen molar-refractivity contribution in [1.29, 1.82) is 0 Å². The van der Waals surface area contributed by atoms with Gasteiger partial charge in [-0.3, -0.25) is 20.0 Å². The molecule has 0 bridgehead atoms. The molecule has 4 rings (SSSR count). The van der Waals surface area contributed by atoms with E-state index in [9.17, 15) is 28.4 Å². The number of hydrogen-bond donors (Lipinski definition) is 2. The summed E-state index contributed by atoms with van der Waals surface area (Å²) in [4.78, 5) is 18.7. The minimum absolute atomic E-state index is 0.0164. The fraction of sp³-hybridized carbons (Fsp3) is 0.421. The number of carbonyl (C=O) groups excluding carboxylic acids is 1. The number of rotatable bonds is 7. The molecular formula is C19H20F3N6O4S+. The number of fused-ring (bicyclic) bond motifs is 1. The van der Waals surface area contributed by atoms with Gasteiger partial charge in [0.2, 0.25) is 9.94 Å². The number of aromatic nitrogens is 4. The lowest BCUT2D eigenvalue weighted by molar-refractivity contribution is -0.933. The zero-order valence-corrected chi connectivity index (χ0v) is 18.0. The minimum atomic E-state index is -4.30. The summed E-state index contributed by atoms with van der Waals surface area (Å²) < 4.78 is 43.1. The van der Waals surface area contributed by atoms with Crippen LogP contribution in [0.5, 0.6) is 0 Å². The lowest BCUT2D eigenvalue weighted by Gasteiger charge is -2.17. The van der Waals surface area contributed by atoms with Gasteiger partial charge in [-0.15, -0.1) is 11.3 Å². The summed E-state index contributed by atoms with van der Waals surface area (Å²) in [5.41, 5.74) is 2.77. The van der Waals surface area contributed by atoms with Crippen LogP contribution in [0.15, 0.2) is 29.9 Å². The van der Waals surface area contributed by atoms with E-state index >= 15 is 0 Å². The quantitative estimate of drug-likeness (QED) is 0.224. The first-order valence-electron chi connectivity index (χ1n) is 10.00. The van der Waals surface area contributed by atoms with Crippen LogP contribution in [0.3, 0.4) is 0 Å². The number of thiazole rings is 1. The summed E-state index contributed by atoms with van der Waals surface area (Å²) in [7, 11) is 0. The van der Waals surface area contributed by atoms with Crippen LogP contribution >= 0.6 is 11.3 Å². The predicted molar refractivity (Wildman–Crippen MR) is 109 cm³/mol. The molecule has 0 aliphatic carbocycles. The van der Waals surface area contributed by atoms with E-state index in [0.29, 0.717) is 16.0 Å². The third kappa shape index (κ3) is 5.57. The molecule has 0 saturated carbocycles. The van der Waals surface area contributed by atoms with Gasteiger partial charge in [-0.2, -0.15) is 13.2 Å². The Morgan fingerprint density at radius 3 is 2.94 bits per heavy atom. The van der Waals surface area contributed by atoms with E-state index in [-0.39, 0.29) is 43.0 Å². The van der Waals surface area contributed by atoms with E-state index in [2.05, 4.69) is 15.4 Å². The number of nitrogens with zero attached hydrogens (tertiary/aromatic N) is 5. The molecule has 0 amide bonds. The van der Waals surface area contributed by atoms with E-state index in [1.54, 1.807) is 23.8 Å². The molecular weight excluding hydrogens is 465 g/mol. The van der Waals surface area contributed by atoms with Gasteiger partial charge in [-0.25, -0.2) is 9.94 Å². The summed E-state index contributed by atoms with van der Waals surface area (Å²) >= 11 is 1.41. The second-order valence-corrected chi connectivity index (χ2v) is 8.39. The van der Waals surface area contributed by atoms with E-state index in [4.69, 9.17) is 4.74 Å². The van der Waals surface area contributed by atoms with Crippen molar-refractivity contribution < 1.29 is 37.5 Å². The SMILES string of the molecule is O=C(CCNc1n[n+](O)c2cc(-c3cncs3)ccc2[n+]1[O-])OC1CCN(CC(F)(F)F)C1. The van der Waals surface area contributed by atoms with E-state index in [1.165, 1.54) is 22.3 Å². The molecule has 2 N–H and O–H groups in total. The first-order valence-corrected chi connectivity index (χ1v) is 10.9. The first-order chi connectivity index (χ1) is 15.7. The fourth-order valence-corrected chi connectivity index (χ4v) is 4.20. The highest BCUT2D eigenvalue weighted by Gasteiger charge is 2.35. The zero-order chi connectivity index (χ0) is 23.6. The molecule has 1 aliphatic rings. The lowest BCUT2D eigenvalue weighted by atomic mass is 10.2. The average molecular weight is 485 g/mol. The van der Waals surface area contributed by atoms with Gasteiger partial charge in [0.25, 0.3) is 0 Å². The maximum Gasteiger partial charge on any atom is 0.464 e. The second-order valence-electron chi connectivity index (χ2n) is 7.50. The molecule has 3 heterocycles. The topological polar surface area (TPSA) is 118 Å². The van der Waals surface area contributed by atoms with Gasteiger partial charge in [0.05, 0.1) is 29.9 Å². The van der Waals surface area contributed by atoms with Crippen molar-refractivity contribution >= 4 is 34.3 Å². The van der Waals surface area contributed by atoms with Gasteiger partial charge >= 0.3 is 23.6 Å². The number of nitrogens with one attached hydrogen (secondary N) is 1. The van der Waals surface area contributed by atoms with Crippen molar-refractivity contribution in [3.63, 3.8) is 0 Å². The molecule has 0 spiro atoms. The molecule has 1 unspecified atom stereocenters. The largest absolute Gasteiger partial charge is 0.739 e. The van der Waals surface area contributed by atoms with E-state index < -0.39 is 24.8 Å². The van der Waals surface area contributed by atoms with Crippen molar-refractivity contribution in [2.75, 3.05) is 31.5 Å². The van der Waals surface area contributed by atoms with Crippen LogP contribution in [0, 0.1) is 5.21 Å².